The number of benzene rings is 1. The molecular weight excluding hydrogens is 286 g/mol. The summed E-state index contributed by atoms with van der Waals surface area (Å²) in [6.07, 6.45) is 0.928. The molecule has 2 N–H and O–H groups in total. The lowest BCUT2D eigenvalue weighted by atomic mass is 10.1. The van der Waals surface area contributed by atoms with Crippen LogP contribution < -0.4 is 10.6 Å². The number of aromatic nitrogens is 2. The number of nitrogens with one attached hydrogen (secondary N) is 2. The van der Waals surface area contributed by atoms with Crippen LogP contribution in [-0.2, 0) is 20.0 Å². The van der Waals surface area contributed by atoms with Gasteiger partial charge in [-0.1, -0.05) is 30.3 Å². The summed E-state index contributed by atoms with van der Waals surface area (Å²) in [6.45, 7) is 7.11. The van der Waals surface area contributed by atoms with Gasteiger partial charge in [-0.15, -0.1) is 0 Å². The lowest BCUT2D eigenvalue weighted by Crippen LogP contribution is -2.42. The maximum Gasteiger partial charge on any atom is 0.191 e. The number of guanidine groups is 1. The van der Waals surface area contributed by atoms with Gasteiger partial charge in [-0.05, 0) is 38.3 Å². The van der Waals surface area contributed by atoms with Crippen LogP contribution in [0.3, 0.4) is 0 Å². The van der Waals surface area contributed by atoms with E-state index in [1.54, 1.807) is 7.05 Å². The number of aryl methyl sites for hydroxylation is 2. The molecule has 1 heterocycles. The third kappa shape index (κ3) is 4.58. The summed E-state index contributed by atoms with van der Waals surface area (Å²) in [5, 5.41) is 11.3. The van der Waals surface area contributed by atoms with Crippen LogP contribution in [0.1, 0.15) is 29.4 Å². The second-order valence-corrected chi connectivity index (χ2v) is 5.93. The first-order chi connectivity index (χ1) is 11.0. The molecule has 1 atom stereocenters. The predicted octanol–water partition coefficient (Wildman–Crippen LogP) is 2.33. The van der Waals surface area contributed by atoms with E-state index >= 15 is 0 Å². The Morgan fingerprint density at radius 3 is 2.52 bits per heavy atom. The van der Waals surface area contributed by atoms with Crippen LogP contribution in [0.2, 0.25) is 0 Å². The molecule has 23 heavy (non-hydrogen) atoms. The third-order valence-electron chi connectivity index (χ3n) is 4.08. The highest BCUT2D eigenvalue weighted by Gasteiger charge is 2.13. The van der Waals surface area contributed by atoms with Crippen molar-refractivity contribution in [3.8, 4) is 0 Å². The molecule has 5 heteroatoms. The van der Waals surface area contributed by atoms with Gasteiger partial charge in [0.1, 0.15) is 0 Å². The van der Waals surface area contributed by atoms with E-state index in [0.29, 0.717) is 0 Å². The zero-order chi connectivity index (χ0) is 16.8. The van der Waals surface area contributed by atoms with Gasteiger partial charge in [-0.3, -0.25) is 9.67 Å². The first kappa shape index (κ1) is 17.1. The third-order valence-corrected chi connectivity index (χ3v) is 4.08. The maximum atomic E-state index is 4.48. The molecule has 5 nitrogen and oxygen atoms in total. The van der Waals surface area contributed by atoms with Gasteiger partial charge in [0.15, 0.2) is 5.96 Å². The molecule has 0 aliphatic carbocycles. The van der Waals surface area contributed by atoms with E-state index in [1.807, 2.05) is 29.9 Å². The zero-order valence-corrected chi connectivity index (χ0v) is 14.7. The lowest BCUT2D eigenvalue weighted by Gasteiger charge is -2.18. The first-order valence-electron chi connectivity index (χ1n) is 8.01. The Morgan fingerprint density at radius 2 is 1.96 bits per heavy atom. The molecule has 0 spiro atoms. The molecule has 2 aromatic rings. The minimum absolute atomic E-state index is 0.276. The van der Waals surface area contributed by atoms with Crippen LogP contribution in [0.5, 0.6) is 0 Å². The normalized spacial score (nSPS) is 13.0. The number of hydrogen-bond acceptors (Lipinski definition) is 2. The maximum absolute atomic E-state index is 4.48. The smallest absolute Gasteiger partial charge is 0.191 e. The summed E-state index contributed by atoms with van der Waals surface area (Å²) in [5.74, 6) is 0.820. The standard InChI is InChI=1S/C18H27N5/c1-13(11-17-14(2)22-23(5)15(17)3)21-18(19-4)20-12-16-9-7-6-8-10-16/h6-10,13H,11-12H2,1-5H3,(H2,19,20,21). The summed E-state index contributed by atoms with van der Waals surface area (Å²) >= 11 is 0. The molecule has 1 aromatic carbocycles. The highest BCUT2D eigenvalue weighted by Crippen LogP contribution is 2.14. The van der Waals surface area contributed by atoms with Crippen molar-refractivity contribution in [2.75, 3.05) is 7.05 Å². The summed E-state index contributed by atoms with van der Waals surface area (Å²) in [4.78, 5) is 4.31. The number of rotatable bonds is 5. The van der Waals surface area contributed by atoms with E-state index in [-0.39, 0.29) is 6.04 Å². The van der Waals surface area contributed by atoms with Crippen molar-refractivity contribution in [1.29, 1.82) is 0 Å². The molecule has 1 unspecified atom stereocenters. The molecule has 1 aromatic heterocycles. The summed E-state index contributed by atoms with van der Waals surface area (Å²) < 4.78 is 1.94. The van der Waals surface area contributed by atoms with Crippen molar-refractivity contribution in [3.05, 3.63) is 52.8 Å². The quantitative estimate of drug-likeness (QED) is 0.658. The van der Waals surface area contributed by atoms with Gasteiger partial charge in [-0.2, -0.15) is 5.10 Å². The van der Waals surface area contributed by atoms with Crippen LogP contribution in [0.25, 0.3) is 0 Å². The van der Waals surface area contributed by atoms with Crippen molar-refractivity contribution in [2.45, 2.75) is 39.8 Å². The zero-order valence-electron chi connectivity index (χ0n) is 14.7. The minimum atomic E-state index is 0.276. The molecule has 0 saturated carbocycles. The molecule has 0 fully saturated rings. The van der Waals surface area contributed by atoms with E-state index < -0.39 is 0 Å². The molecule has 0 radical (unpaired) electrons. The molecule has 0 bridgehead atoms. The lowest BCUT2D eigenvalue weighted by molar-refractivity contribution is 0.635. The van der Waals surface area contributed by atoms with Crippen LogP contribution in [0.4, 0.5) is 0 Å². The Balaban J connectivity index is 1.91. The Kier molecular flexibility index (Phi) is 5.79. The van der Waals surface area contributed by atoms with E-state index in [9.17, 15) is 0 Å². The fourth-order valence-corrected chi connectivity index (χ4v) is 2.68. The summed E-state index contributed by atoms with van der Waals surface area (Å²) in [7, 11) is 3.79. The molecular formula is C18H27N5. The fourth-order valence-electron chi connectivity index (χ4n) is 2.68. The first-order valence-corrected chi connectivity index (χ1v) is 8.01. The van der Waals surface area contributed by atoms with E-state index in [2.05, 4.69) is 53.6 Å². The van der Waals surface area contributed by atoms with Gasteiger partial charge in [0.05, 0.1) is 5.69 Å². The van der Waals surface area contributed by atoms with Crippen LogP contribution in [-0.4, -0.2) is 28.8 Å². The number of nitrogens with zero attached hydrogens (tertiary/aromatic N) is 3. The molecule has 0 aliphatic rings. The summed E-state index contributed by atoms with van der Waals surface area (Å²) in [6, 6.07) is 10.6. The Bertz CT molecular complexity index is 658. The number of hydrogen-bond donors (Lipinski definition) is 2. The van der Waals surface area contributed by atoms with Crippen LogP contribution in [0, 0.1) is 13.8 Å². The van der Waals surface area contributed by atoms with Crippen molar-refractivity contribution >= 4 is 5.96 Å². The monoisotopic (exact) mass is 313 g/mol. The second kappa shape index (κ2) is 7.81. The molecule has 124 valence electrons. The Hall–Kier alpha value is -2.30. The van der Waals surface area contributed by atoms with Gasteiger partial charge < -0.3 is 10.6 Å². The van der Waals surface area contributed by atoms with E-state index in [4.69, 9.17) is 0 Å². The van der Waals surface area contributed by atoms with Gasteiger partial charge >= 0.3 is 0 Å². The molecule has 0 aliphatic heterocycles. The van der Waals surface area contributed by atoms with Crippen molar-refractivity contribution in [3.63, 3.8) is 0 Å². The largest absolute Gasteiger partial charge is 0.354 e. The van der Waals surface area contributed by atoms with Crippen molar-refractivity contribution in [2.24, 2.45) is 12.0 Å². The molecule has 0 saturated heterocycles. The Labute approximate surface area is 138 Å². The minimum Gasteiger partial charge on any atom is -0.354 e. The average molecular weight is 313 g/mol. The number of aliphatic imine (C=N–C) groups is 1. The van der Waals surface area contributed by atoms with Gasteiger partial charge in [0.25, 0.3) is 0 Å². The van der Waals surface area contributed by atoms with Crippen LogP contribution in [0.15, 0.2) is 35.3 Å². The fraction of sp³-hybridized carbons (Fsp3) is 0.444. The second-order valence-electron chi connectivity index (χ2n) is 5.93. The Morgan fingerprint density at radius 1 is 1.26 bits per heavy atom. The van der Waals surface area contributed by atoms with E-state index in [1.165, 1.54) is 16.8 Å². The topological polar surface area (TPSA) is 54.2 Å². The van der Waals surface area contributed by atoms with Crippen molar-refractivity contribution < 1.29 is 0 Å². The van der Waals surface area contributed by atoms with Crippen LogP contribution >= 0.6 is 0 Å². The molecule has 2 rings (SSSR count). The predicted molar refractivity (Wildman–Crippen MR) is 95.6 cm³/mol. The van der Waals surface area contributed by atoms with E-state index in [0.717, 1.165) is 24.6 Å². The SMILES string of the molecule is CN=C(NCc1ccccc1)NC(C)Cc1c(C)nn(C)c1C. The highest BCUT2D eigenvalue weighted by atomic mass is 15.3. The highest BCUT2D eigenvalue weighted by molar-refractivity contribution is 5.79. The van der Waals surface area contributed by atoms with Gasteiger partial charge in [-0.25, -0.2) is 0 Å². The molecule has 0 amide bonds. The average Bonchev–Trinajstić information content (AvgIpc) is 2.78. The summed E-state index contributed by atoms with van der Waals surface area (Å²) in [5.41, 5.74) is 4.88. The van der Waals surface area contributed by atoms with Crippen molar-refractivity contribution in [1.82, 2.24) is 20.4 Å². The van der Waals surface area contributed by atoms with Gasteiger partial charge in [0.2, 0.25) is 0 Å². The van der Waals surface area contributed by atoms with Gasteiger partial charge in [0, 0.05) is 32.4 Å².